The number of ether oxygens (including phenoxy) is 2. The Kier molecular flexibility index (Phi) is 32.5. The summed E-state index contributed by atoms with van der Waals surface area (Å²) >= 11 is 0. The molecule has 6 nitrogen and oxygen atoms in total. The van der Waals surface area contributed by atoms with E-state index in [4.69, 9.17) is 9.47 Å². The number of esters is 2. The normalized spacial score (nSPS) is 13.5. The fraction of sp³-hybridized carbons (Fsp3) is 0.750. The zero-order valence-electron chi connectivity index (χ0n) is 29.8. The minimum Gasteiger partial charge on any atom is -0.462 e. The van der Waals surface area contributed by atoms with Crippen LogP contribution in [0.2, 0.25) is 0 Å². The highest BCUT2D eigenvalue weighted by molar-refractivity contribution is 5.70. The maximum Gasteiger partial charge on any atom is 0.306 e. The first-order chi connectivity index (χ1) is 22.4. The summed E-state index contributed by atoms with van der Waals surface area (Å²) in [5.74, 6) is 0.151. The summed E-state index contributed by atoms with van der Waals surface area (Å²) in [6.07, 6.45) is 38.3. The summed E-state index contributed by atoms with van der Waals surface area (Å²) in [7, 11) is 0. The Morgan fingerprint density at radius 1 is 0.609 bits per heavy atom. The minimum atomic E-state index is -0.808. The summed E-state index contributed by atoms with van der Waals surface area (Å²) < 4.78 is 10.5. The predicted molar refractivity (Wildman–Crippen MR) is 193 cm³/mol. The van der Waals surface area contributed by atoms with Gasteiger partial charge in [0.05, 0.1) is 12.7 Å². The Bertz CT molecular complexity index is 813. The third-order valence-corrected chi connectivity index (χ3v) is 7.97. The van der Waals surface area contributed by atoms with E-state index < -0.39 is 6.10 Å². The van der Waals surface area contributed by atoms with Crippen LogP contribution in [-0.4, -0.2) is 47.6 Å². The molecule has 6 heteroatoms. The van der Waals surface area contributed by atoms with E-state index in [1.165, 1.54) is 57.8 Å². The van der Waals surface area contributed by atoms with Crippen LogP contribution in [0.5, 0.6) is 0 Å². The Hall–Kier alpha value is -2.18. The standard InChI is InChI=1S/C40H70O6/c1-4-37(42)31-27-23-19-15-11-7-5-6-8-12-17-21-25-29-33-40(44)46-38(34-41)35-45-39(43)32-28-24-20-16-13-9-10-14-18-22-26-30-36(2)3/h6-8,11,17,19,21,23,36-38,41-42H,4-5,9-10,12-16,18,20,22,24-35H2,1-3H3/b8-6-,11-7-,21-17-,23-19-/t37-,38+/m1/s1. The molecule has 0 spiro atoms. The lowest BCUT2D eigenvalue weighted by Gasteiger charge is -2.15. The molecule has 2 N–H and O–H groups in total. The first-order valence-electron chi connectivity index (χ1n) is 18.6. The van der Waals surface area contributed by atoms with Crippen molar-refractivity contribution in [3.8, 4) is 0 Å². The predicted octanol–water partition coefficient (Wildman–Crippen LogP) is 10.3. The van der Waals surface area contributed by atoms with Gasteiger partial charge in [-0.05, 0) is 63.7 Å². The molecule has 0 aromatic heterocycles. The number of unbranched alkanes of at least 4 members (excludes halogenated alkanes) is 11. The summed E-state index contributed by atoms with van der Waals surface area (Å²) in [5.41, 5.74) is 0. The second-order valence-electron chi connectivity index (χ2n) is 12.9. The fourth-order valence-corrected chi connectivity index (χ4v) is 4.95. The van der Waals surface area contributed by atoms with Gasteiger partial charge in [0.15, 0.2) is 6.10 Å². The quantitative estimate of drug-likeness (QED) is 0.0429. The number of allylic oxidation sites excluding steroid dienone is 8. The Morgan fingerprint density at radius 3 is 1.61 bits per heavy atom. The number of carbonyl (C=O) groups excluding carboxylic acids is 2. The van der Waals surface area contributed by atoms with Gasteiger partial charge in [0.25, 0.3) is 0 Å². The molecule has 266 valence electrons. The number of aliphatic hydroxyl groups is 2. The monoisotopic (exact) mass is 647 g/mol. The smallest absolute Gasteiger partial charge is 0.306 e. The van der Waals surface area contributed by atoms with E-state index in [2.05, 4.69) is 62.5 Å². The van der Waals surface area contributed by atoms with Crippen molar-refractivity contribution in [2.24, 2.45) is 5.92 Å². The van der Waals surface area contributed by atoms with Gasteiger partial charge in [-0.15, -0.1) is 0 Å². The summed E-state index contributed by atoms with van der Waals surface area (Å²) in [6.45, 7) is 6.13. The number of aliphatic hydroxyl groups excluding tert-OH is 2. The molecule has 0 amide bonds. The molecule has 0 bridgehead atoms. The fourth-order valence-electron chi connectivity index (χ4n) is 4.95. The van der Waals surface area contributed by atoms with Crippen molar-refractivity contribution in [2.45, 2.75) is 174 Å². The van der Waals surface area contributed by atoms with Crippen LogP contribution in [0, 0.1) is 5.92 Å². The summed E-state index contributed by atoms with van der Waals surface area (Å²) in [5, 5.41) is 19.0. The molecule has 0 heterocycles. The first kappa shape index (κ1) is 43.8. The Balaban J connectivity index is 3.70. The van der Waals surface area contributed by atoms with E-state index in [0.717, 1.165) is 70.1 Å². The third kappa shape index (κ3) is 33.2. The van der Waals surface area contributed by atoms with E-state index in [-0.39, 0.29) is 37.7 Å². The van der Waals surface area contributed by atoms with Gasteiger partial charge >= 0.3 is 11.9 Å². The van der Waals surface area contributed by atoms with Gasteiger partial charge in [-0.25, -0.2) is 0 Å². The highest BCUT2D eigenvalue weighted by Gasteiger charge is 2.16. The van der Waals surface area contributed by atoms with Crippen LogP contribution < -0.4 is 0 Å². The van der Waals surface area contributed by atoms with E-state index in [0.29, 0.717) is 12.8 Å². The molecule has 0 aliphatic carbocycles. The Morgan fingerprint density at radius 2 is 1.09 bits per heavy atom. The molecule has 0 aliphatic rings. The molecule has 2 atom stereocenters. The van der Waals surface area contributed by atoms with Gasteiger partial charge in [-0.3, -0.25) is 9.59 Å². The van der Waals surface area contributed by atoms with E-state index in [1.807, 2.05) is 6.92 Å². The summed E-state index contributed by atoms with van der Waals surface area (Å²) in [4.78, 5) is 24.2. The van der Waals surface area contributed by atoms with Crippen LogP contribution in [0.1, 0.15) is 162 Å². The maximum atomic E-state index is 12.1. The van der Waals surface area contributed by atoms with Crippen LogP contribution >= 0.6 is 0 Å². The topological polar surface area (TPSA) is 93.1 Å². The van der Waals surface area contributed by atoms with Crippen LogP contribution in [-0.2, 0) is 19.1 Å². The lowest BCUT2D eigenvalue weighted by molar-refractivity contribution is -0.161. The van der Waals surface area contributed by atoms with Gasteiger partial charge in [-0.2, -0.15) is 0 Å². The molecule has 0 radical (unpaired) electrons. The minimum absolute atomic E-state index is 0.0965. The number of rotatable bonds is 32. The molecule has 0 fully saturated rings. The average Bonchev–Trinajstić information content (AvgIpc) is 3.04. The maximum absolute atomic E-state index is 12.1. The first-order valence-corrected chi connectivity index (χ1v) is 18.6. The van der Waals surface area contributed by atoms with Gasteiger partial charge in [0.1, 0.15) is 6.61 Å². The largest absolute Gasteiger partial charge is 0.462 e. The molecule has 0 aliphatic heterocycles. The van der Waals surface area contributed by atoms with Crippen molar-refractivity contribution >= 4 is 11.9 Å². The third-order valence-electron chi connectivity index (χ3n) is 7.97. The van der Waals surface area contributed by atoms with Crippen molar-refractivity contribution in [3.63, 3.8) is 0 Å². The lowest BCUT2D eigenvalue weighted by Crippen LogP contribution is -2.28. The van der Waals surface area contributed by atoms with Crippen molar-refractivity contribution in [1.29, 1.82) is 0 Å². The van der Waals surface area contributed by atoms with Crippen molar-refractivity contribution < 1.29 is 29.3 Å². The number of hydrogen-bond donors (Lipinski definition) is 2. The molecular weight excluding hydrogens is 576 g/mol. The highest BCUT2D eigenvalue weighted by Crippen LogP contribution is 2.14. The van der Waals surface area contributed by atoms with E-state index in [9.17, 15) is 19.8 Å². The number of carbonyl (C=O) groups is 2. The van der Waals surface area contributed by atoms with Crippen molar-refractivity contribution in [2.75, 3.05) is 13.2 Å². The molecule has 0 rings (SSSR count). The van der Waals surface area contributed by atoms with Crippen LogP contribution in [0.3, 0.4) is 0 Å². The summed E-state index contributed by atoms with van der Waals surface area (Å²) in [6, 6.07) is 0. The Labute approximate surface area is 282 Å². The second-order valence-corrected chi connectivity index (χ2v) is 12.9. The molecule has 0 saturated carbocycles. The molecule has 0 saturated heterocycles. The average molecular weight is 647 g/mol. The highest BCUT2D eigenvalue weighted by atomic mass is 16.6. The van der Waals surface area contributed by atoms with Gasteiger partial charge < -0.3 is 19.7 Å². The van der Waals surface area contributed by atoms with Gasteiger partial charge in [0.2, 0.25) is 0 Å². The van der Waals surface area contributed by atoms with Crippen molar-refractivity contribution in [3.05, 3.63) is 48.6 Å². The molecule has 0 unspecified atom stereocenters. The van der Waals surface area contributed by atoms with Crippen molar-refractivity contribution in [1.82, 2.24) is 0 Å². The van der Waals surface area contributed by atoms with Gasteiger partial charge in [0, 0.05) is 12.8 Å². The molecule has 0 aromatic rings. The van der Waals surface area contributed by atoms with Gasteiger partial charge in [-0.1, -0.05) is 140 Å². The molecule has 0 aromatic carbocycles. The SMILES string of the molecule is CC[C@@H](O)CC/C=C\C/C=C\C/C=C\C/C=C\CCCC(=O)O[C@@H](CO)COC(=O)CCCCCCCCCCCCCC(C)C. The van der Waals surface area contributed by atoms with Crippen LogP contribution in [0.25, 0.3) is 0 Å². The van der Waals surface area contributed by atoms with E-state index >= 15 is 0 Å². The molecule has 46 heavy (non-hydrogen) atoms. The zero-order chi connectivity index (χ0) is 33.9. The lowest BCUT2D eigenvalue weighted by atomic mass is 10.0. The van der Waals surface area contributed by atoms with Crippen LogP contribution in [0.15, 0.2) is 48.6 Å². The zero-order valence-corrected chi connectivity index (χ0v) is 29.8. The van der Waals surface area contributed by atoms with E-state index in [1.54, 1.807) is 0 Å². The molecular formula is C40H70O6. The van der Waals surface area contributed by atoms with Crippen LogP contribution in [0.4, 0.5) is 0 Å². The number of hydrogen-bond acceptors (Lipinski definition) is 6. The second kappa shape index (κ2) is 34.2.